The lowest BCUT2D eigenvalue weighted by Gasteiger charge is -2.28. The van der Waals surface area contributed by atoms with Gasteiger partial charge in [-0.3, -0.25) is 24.4 Å². The molecule has 1 aliphatic rings. The van der Waals surface area contributed by atoms with Gasteiger partial charge < -0.3 is 14.4 Å². The van der Waals surface area contributed by atoms with Crippen molar-refractivity contribution in [2.24, 2.45) is 5.10 Å². The van der Waals surface area contributed by atoms with Crippen LogP contribution in [0.1, 0.15) is 58.8 Å². The molecule has 0 aromatic heterocycles. The zero-order valence-corrected chi connectivity index (χ0v) is 24.1. The summed E-state index contributed by atoms with van der Waals surface area (Å²) in [6.07, 6.45) is 6.47. The van der Waals surface area contributed by atoms with E-state index in [1.54, 1.807) is 23.1 Å². The molecule has 0 aliphatic carbocycles. The summed E-state index contributed by atoms with van der Waals surface area (Å²) < 4.78 is 11.1. The van der Waals surface area contributed by atoms with Crippen molar-refractivity contribution in [3.63, 3.8) is 0 Å². The quantitative estimate of drug-likeness (QED) is 0.111. The van der Waals surface area contributed by atoms with Crippen LogP contribution in [0.15, 0.2) is 96.1 Å². The maximum Gasteiger partial charge on any atom is 0.306 e. The monoisotopic (exact) mass is 598 g/mol. The van der Waals surface area contributed by atoms with Gasteiger partial charge in [-0.1, -0.05) is 66.7 Å². The molecule has 1 heterocycles. The van der Waals surface area contributed by atoms with Crippen LogP contribution >= 0.6 is 0 Å². The molecule has 0 saturated carbocycles. The number of hydrogen-bond donors (Lipinski definition) is 3. The molecular weight excluding hydrogens is 564 g/mol. The van der Waals surface area contributed by atoms with Crippen molar-refractivity contribution < 1.29 is 33.9 Å². The van der Waals surface area contributed by atoms with Crippen LogP contribution < -0.4 is 15.6 Å². The van der Waals surface area contributed by atoms with Gasteiger partial charge in [0.2, 0.25) is 5.91 Å². The predicted octanol–water partition coefficient (Wildman–Crippen LogP) is 4.08. The van der Waals surface area contributed by atoms with Crippen LogP contribution in [0.25, 0.3) is 0 Å². The van der Waals surface area contributed by atoms with E-state index in [0.717, 1.165) is 11.1 Å². The molecule has 3 aromatic rings. The van der Waals surface area contributed by atoms with Crippen molar-refractivity contribution >= 4 is 29.9 Å². The van der Waals surface area contributed by atoms with Gasteiger partial charge in [-0.05, 0) is 53.8 Å². The number of hydrazone groups is 1. The SMILES string of the molecule is O=C(COc1cccc(C(=O)N/N=C/c2cccc(CN3C[C@@H](c4ccccc4)OC(=O)CC/C=C/CCC3=O)c2)c1)NO. The average Bonchev–Trinajstić information content (AvgIpc) is 3.04. The minimum Gasteiger partial charge on any atom is -0.484 e. The van der Waals surface area contributed by atoms with Crippen LogP contribution in [0.4, 0.5) is 0 Å². The van der Waals surface area contributed by atoms with Crippen LogP contribution in [0.2, 0.25) is 0 Å². The smallest absolute Gasteiger partial charge is 0.306 e. The number of esters is 1. The Bertz CT molecular complexity index is 1510. The Kier molecular flexibility index (Phi) is 11.8. The van der Waals surface area contributed by atoms with Crippen LogP contribution in [0, 0.1) is 0 Å². The molecule has 4 rings (SSSR count). The highest BCUT2D eigenvalue weighted by Crippen LogP contribution is 2.23. The summed E-state index contributed by atoms with van der Waals surface area (Å²) >= 11 is 0. The Morgan fingerprint density at radius 1 is 0.977 bits per heavy atom. The number of hydroxylamine groups is 1. The highest BCUT2D eigenvalue weighted by atomic mass is 16.5. The fraction of sp³-hybridized carbons (Fsp3) is 0.242. The van der Waals surface area contributed by atoms with Crippen LogP contribution in [0.3, 0.4) is 0 Å². The summed E-state index contributed by atoms with van der Waals surface area (Å²) in [5.41, 5.74) is 6.54. The maximum absolute atomic E-state index is 13.3. The molecule has 0 unspecified atom stereocenters. The maximum atomic E-state index is 13.3. The van der Waals surface area contributed by atoms with Gasteiger partial charge in [-0.25, -0.2) is 10.9 Å². The number of cyclic esters (lactones) is 1. The molecule has 3 amide bonds. The number of hydrogen-bond acceptors (Lipinski definition) is 8. The molecule has 11 heteroatoms. The Balaban J connectivity index is 1.44. The number of carbonyl (C=O) groups excluding carboxylic acids is 4. The molecule has 3 aromatic carbocycles. The first-order valence-electron chi connectivity index (χ1n) is 14.2. The highest BCUT2D eigenvalue weighted by Gasteiger charge is 2.24. The lowest BCUT2D eigenvalue weighted by molar-refractivity contribution is -0.152. The van der Waals surface area contributed by atoms with Crippen LogP contribution in [-0.2, 0) is 25.7 Å². The standard InChI is InChI=1S/C33H34N4O7/c38-30(36-42)23-43-28-15-9-14-27(19-28)33(41)35-34-20-24-10-8-11-25(18-24)21-37-22-29(26-12-4-3-5-13-26)44-32(40)17-7-2-1-6-16-31(37)39/h1-5,8-15,18-20,29,42H,6-7,16-17,21-23H2,(H,35,41)(H,36,38)/b2-1+,34-20+/t29-/m0/s1. The zero-order valence-electron chi connectivity index (χ0n) is 24.1. The van der Waals surface area contributed by atoms with Crippen molar-refractivity contribution in [3.8, 4) is 5.75 Å². The number of nitrogens with one attached hydrogen (secondary N) is 2. The van der Waals surface area contributed by atoms with Crippen molar-refractivity contribution in [3.05, 3.63) is 113 Å². The molecule has 44 heavy (non-hydrogen) atoms. The summed E-state index contributed by atoms with van der Waals surface area (Å²) in [5.74, 6) is -1.31. The third kappa shape index (κ3) is 9.92. The summed E-state index contributed by atoms with van der Waals surface area (Å²) in [4.78, 5) is 51.3. The fourth-order valence-corrected chi connectivity index (χ4v) is 4.48. The largest absolute Gasteiger partial charge is 0.484 e. The van der Waals surface area contributed by atoms with E-state index >= 15 is 0 Å². The van der Waals surface area contributed by atoms with Crippen molar-refractivity contribution in [1.29, 1.82) is 0 Å². The Morgan fingerprint density at radius 2 is 1.75 bits per heavy atom. The van der Waals surface area contributed by atoms with E-state index in [9.17, 15) is 19.2 Å². The molecule has 3 N–H and O–H groups in total. The van der Waals surface area contributed by atoms with Gasteiger partial charge in [0.1, 0.15) is 11.9 Å². The van der Waals surface area contributed by atoms with Crippen LogP contribution in [-0.4, -0.2) is 53.2 Å². The van der Waals surface area contributed by atoms with Gasteiger partial charge in [-0.2, -0.15) is 5.10 Å². The molecule has 0 bridgehead atoms. The van der Waals surface area contributed by atoms with E-state index in [4.69, 9.17) is 14.7 Å². The molecule has 11 nitrogen and oxygen atoms in total. The minimum absolute atomic E-state index is 0.0539. The molecular formula is C33H34N4O7. The molecule has 0 radical (unpaired) electrons. The number of amides is 3. The molecule has 0 spiro atoms. The minimum atomic E-state index is -0.726. The van der Waals surface area contributed by atoms with E-state index in [1.807, 2.05) is 66.7 Å². The Labute approximate surface area is 255 Å². The van der Waals surface area contributed by atoms with Crippen molar-refractivity contribution in [2.45, 2.75) is 38.3 Å². The number of ether oxygens (including phenoxy) is 2. The number of allylic oxidation sites excluding steroid dienone is 2. The average molecular weight is 599 g/mol. The van der Waals surface area contributed by atoms with Gasteiger partial charge >= 0.3 is 5.97 Å². The van der Waals surface area contributed by atoms with E-state index in [-0.39, 0.29) is 36.2 Å². The van der Waals surface area contributed by atoms with Gasteiger partial charge in [0, 0.05) is 24.9 Å². The fourth-order valence-electron chi connectivity index (χ4n) is 4.48. The summed E-state index contributed by atoms with van der Waals surface area (Å²) in [7, 11) is 0. The van der Waals surface area contributed by atoms with E-state index in [2.05, 4.69) is 10.5 Å². The summed E-state index contributed by atoms with van der Waals surface area (Å²) in [6.45, 7) is 0.0902. The molecule has 0 saturated heterocycles. The normalized spacial score (nSPS) is 16.8. The first-order chi connectivity index (χ1) is 21.4. The first-order valence-corrected chi connectivity index (χ1v) is 14.2. The van der Waals surface area contributed by atoms with Crippen molar-refractivity contribution in [1.82, 2.24) is 15.8 Å². The second-order valence-corrected chi connectivity index (χ2v) is 10.0. The second-order valence-electron chi connectivity index (χ2n) is 10.0. The topological polar surface area (TPSA) is 147 Å². The summed E-state index contributed by atoms with van der Waals surface area (Å²) in [5, 5.41) is 12.6. The number of benzene rings is 3. The lowest BCUT2D eigenvalue weighted by atomic mass is 10.1. The molecule has 0 fully saturated rings. The molecule has 1 aliphatic heterocycles. The first kappa shape index (κ1) is 31.6. The van der Waals surface area contributed by atoms with E-state index in [1.165, 1.54) is 17.8 Å². The highest BCUT2D eigenvalue weighted by molar-refractivity contribution is 5.95. The zero-order chi connectivity index (χ0) is 31.1. The van der Waals surface area contributed by atoms with Gasteiger partial charge in [-0.15, -0.1) is 0 Å². The Hall–Kier alpha value is -5.29. The van der Waals surface area contributed by atoms with Crippen LogP contribution in [0.5, 0.6) is 5.75 Å². The summed E-state index contributed by atoms with van der Waals surface area (Å²) in [6, 6.07) is 23.0. The lowest BCUT2D eigenvalue weighted by Crippen LogP contribution is -2.35. The van der Waals surface area contributed by atoms with E-state index < -0.39 is 24.5 Å². The number of nitrogens with zero attached hydrogens (tertiary/aromatic N) is 2. The third-order valence-corrected chi connectivity index (χ3v) is 6.69. The van der Waals surface area contributed by atoms with E-state index in [0.29, 0.717) is 31.4 Å². The second kappa shape index (κ2) is 16.4. The predicted molar refractivity (Wildman–Crippen MR) is 162 cm³/mol. The number of rotatable bonds is 9. The Morgan fingerprint density at radius 3 is 2.55 bits per heavy atom. The van der Waals surface area contributed by atoms with Gasteiger partial charge in [0.05, 0.1) is 12.8 Å². The number of carbonyl (C=O) groups is 4. The molecule has 1 atom stereocenters. The van der Waals surface area contributed by atoms with Gasteiger partial charge in [0.25, 0.3) is 11.8 Å². The molecule has 228 valence electrons. The van der Waals surface area contributed by atoms with Gasteiger partial charge in [0.15, 0.2) is 6.61 Å². The third-order valence-electron chi connectivity index (χ3n) is 6.69. The van der Waals surface area contributed by atoms with Crippen molar-refractivity contribution in [2.75, 3.05) is 13.2 Å².